The molecule has 1 aliphatic rings. The van der Waals surface area contributed by atoms with Gasteiger partial charge in [-0.05, 0) is 58.6 Å². The maximum absolute atomic E-state index is 2.35. The Kier molecular flexibility index (Phi) is 3.56. The second kappa shape index (κ2) is 5.28. The van der Waals surface area contributed by atoms with Gasteiger partial charge in [0.15, 0.2) is 0 Å². The number of benzene rings is 2. The predicted molar refractivity (Wildman–Crippen MR) is 97.1 cm³/mol. The minimum absolute atomic E-state index is 0.199. The highest BCUT2D eigenvalue weighted by Crippen LogP contribution is 2.22. The topological polar surface area (TPSA) is 0 Å². The molecule has 2 aromatic carbocycles. The van der Waals surface area contributed by atoms with Crippen LogP contribution in [-0.4, -0.2) is 0 Å². The van der Waals surface area contributed by atoms with Gasteiger partial charge in [-0.1, -0.05) is 74.4 Å². The summed E-state index contributed by atoms with van der Waals surface area (Å²) in [5.41, 5.74) is 6.80. The Morgan fingerprint density at radius 3 is 2.18 bits per heavy atom. The van der Waals surface area contributed by atoms with Gasteiger partial charge in [0.05, 0.1) is 0 Å². The summed E-state index contributed by atoms with van der Waals surface area (Å²) < 4.78 is 0. The van der Waals surface area contributed by atoms with Gasteiger partial charge in [0.25, 0.3) is 0 Å². The molecule has 0 unspecified atom stereocenters. The molecule has 0 radical (unpaired) electrons. The number of hydrogen-bond donors (Lipinski definition) is 0. The van der Waals surface area contributed by atoms with Gasteiger partial charge in [-0.2, -0.15) is 0 Å². The molecular formula is C22H24. The minimum Gasteiger partial charge on any atom is -0.0718 e. The third-order valence-corrected chi connectivity index (χ3v) is 3.91. The van der Waals surface area contributed by atoms with E-state index in [1.54, 1.807) is 0 Å². The fourth-order valence-corrected chi connectivity index (χ4v) is 3.22. The van der Waals surface area contributed by atoms with Crippen molar-refractivity contribution in [3.63, 3.8) is 0 Å². The van der Waals surface area contributed by atoms with Gasteiger partial charge in [-0.15, -0.1) is 0 Å². The highest BCUT2D eigenvalue weighted by atomic mass is 14.1. The molecule has 1 aliphatic carbocycles. The fraction of sp³-hybridized carbons (Fsp3) is 0.273. The van der Waals surface area contributed by atoms with Gasteiger partial charge in [0.2, 0.25) is 0 Å². The van der Waals surface area contributed by atoms with Crippen LogP contribution in [0.2, 0.25) is 0 Å². The van der Waals surface area contributed by atoms with Crippen molar-refractivity contribution in [1.29, 1.82) is 0 Å². The van der Waals surface area contributed by atoms with E-state index in [2.05, 4.69) is 89.2 Å². The zero-order valence-electron chi connectivity index (χ0n) is 14.2. The van der Waals surface area contributed by atoms with Crippen LogP contribution in [0.25, 0.3) is 23.3 Å². The molecule has 0 amide bonds. The molecule has 0 fully saturated rings. The summed E-state index contributed by atoms with van der Waals surface area (Å²) in [5, 5.41) is 2.68. The maximum atomic E-state index is 2.35. The second-order valence-corrected chi connectivity index (χ2v) is 7.48. The van der Waals surface area contributed by atoms with E-state index in [4.69, 9.17) is 0 Å². The molecule has 0 saturated heterocycles. The maximum Gasteiger partial charge on any atom is -0.00994 e. The summed E-state index contributed by atoms with van der Waals surface area (Å²) in [6.45, 7) is 11.1. The number of fused-ring (bicyclic) bond motifs is 1. The highest BCUT2D eigenvalue weighted by molar-refractivity contribution is 5.78. The van der Waals surface area contributed by atoms with E-state index in [-0.39, 0.29) is 5.41 Å². The third kappa shape index (κ3) is 3.06. The first-order valence-electron chi connectivity index (χ1n) is 7.96. The molecule has 2 aromatic rings. The van der Waals surface area contributed by atoms with Gasteiger partial charge in [0, 0.05) is 0 Å². The Labute approximate surface area is 133 Å². The lowest BCUT2D eigenvalue weighted by molar-refractivity contribution is 0.543. The van der Waals surface area contributed by atoms with Crippen LogP contribution in [0.5, 0.6) is 0 Å². The molecule has 0 atom stereocenters. The number of aryl methyl sites for hydroxylation is 2. The Morgan fingerprint density at radius 2 is 1.55 bits per heavy atom. The van der Waals surface area contributed by atoms with E-state index in [1.165, 1.54) is 38.3 Å². The van der Waals surface area contributed by atoms with Crippen LogP contribution >= 0.6 is 0 Å². The van der Waals surface area contributed by atoms with E-state index in [9.17, 15) is 0 Å². The van der Waals surface area contributed by atoms with Crippen molar-refractivity contribution >= 4 is 12.2 Å². The molecule has 0 N–H and O–H groups in total. The zero-order chi connectivity index (χ0) is 15.9. The Balaban J connectivity index is 2.21. The van der Waals surface area contributed by atoms with Crippen LogP contribution in [0.3, 0.4) is 0 Å². The van der Waals surface area contributed by atoms with Crippen molar-refractivity contribution in [2.24, 2.45) is 5.41 Å². The first-order chi connectivity index (χ1) is 10.3. The molecule has 0 spiro atoms. The standard InChI is InChI=1S/C22H24/c1-15-9-16(2)11-19(10-15)20-8-6-7-18-12-17(13-21(18)20)14-22(3,4)5/h6-14H,1-5H3. The summed E-state index contributed by atoms with van der Waals surface area (Å²) in [6, 6.07) is 13.4. The predicted octanol–water partition coefficient (Wildman–Crippen LogP) is 4.52. The molecule has 0 aromatic heterocycles. The fourth-order valence-electron chi connectivity index (χ4n) is 3.22. The monoisotopic (exact) mass is 288 g/mol. The Morgan fingerprint density at radius 1 is 0.864 bits per heavy atom. The normalized spacial score (nSPS) is 15.4. The van der Waals surface area contributed by atoms with Crippen molar-refractivity contribution in [2.75, 3.05) is 0 Å². The number of allylic oxidation sites excluding steroid dienone is 2. The molecule has 112 valence electrons. The molecule has 0 saturated carbocycles. The smallest absolute Gasteiger partial charge is 0.00994 e. The SMILES string of the molecule is Cc1cc(C)cc(-c2cccc3c2=CC(=CC(C)(C)C)C=3)c1. The zero-order valence-corrected chi connectivity index (χ0v) is 14.2. The van der Waals surface area contributed by atoms with E-state index in [0.717, 1.165) is 0 Å². The molecule has 0 heteroatoms. The van der Waals surface area contributed by atoms with Gasteiger partial charge >= 0.3 is 0 Å². The van der Waals surface area contributed by atoms with E-state index < -0.39 is 0 Å². The Hall–Kier alpha value is -2.08. The van der Waals surface area contributed by atoms with Gasteiger partial charge in [-0.25, -0.2) is 0 Å². The molecule has 0 aliphatic heterocycles. The Bertz CT molecular complexity index is 851. The first-order valence-corrected chi connectivity index (χ1v) is 7.96. The summed E-state index contributed by atoms with van der Waals surface area (Å²) in [7, 11) is 0. The lowest BCUT2D eigenvalue weighted by atomic mass is 9.93. The second-order valence-electron chi connectivity index (χ2n) is 7.48. The lowest BCUT2D eigenvalue weighted by Gasteiger charge is -2.12. The van der Waals surface area contributed by atoms with E-state index >= 15 is 0 Å². The van der Waals surface area contributed by atoms with Crippen LogP contribution in [-0.2, 0) is 0 Å². The molecule has 0 bridgehead atoms. The lowest BCUT2D eigenvalue weighted by Crippen LogP contribution is -2.23. The van der Waals surface area contributed by atoms with Crippen LogP contribution < -0.4 is 10.4 Å². The summed E-state index contributed by atoms with van der Waals surface area (Å²) in [6.07, 6.45) is 6.97. The van der Waals surface area contributed by atoms with Crippen LogP contribution in [0.4, 0.5) is 0 Å². The quantitative estimate of drug-likeness (QED) is 0.724. The molecule has 3 rings (SSSR count). The number of rotatable bonds is 1. The van der Waals surface area contributed by atoms with Crippen LogP contribution in [0.15, 0.2) is 48.0 Å². The summed E-state index contributed by atoms with van der Waals surface area (Å²) in [4.78, 5) is 0. The van der Waals surface area contributed by atoms with Crippen molar-refractivity contribution in [3.05, 3.63) is 69.6 Å². The van der Waals surface area contributed by atoms with E-state index in [0.29, 0.717) is 0 Å². The average molecular weight is 288 g/mol. The van der Waals surface area contributed by atoms with Crippen molar-refractivity contribution < 1.29 is 0 Å². The average Bonchev–Trinajstić information content (AvgIpc) is 2.76. The molecule has 0 nitrogen and oxygen atoms in total. The van der Waals surface area contributed by atoms with Crippen molar-refractivity contribution in [2.45, 2.75) is 34.6 Å². The first kappa shape index (κ1) is 14.8. The van der Waals surface area contributed by atoms with Crippen molar-refractivity contribution in [3.8, 4) is 11.1 Å². The molecular weight excluding hydrogens is 264 g/mol. The van der Waals surface area contributed by atoms with Gasteiger partial charge in [-0.3, -0.25) is 0 Å². The number of hydrogen-bond acceptors (Lipinski definition) is 0. The van der Waals surface area contributed by atoms with Crippen molar-refractivity contribution in [1.82, 2.24) is 0 Å². The largest absolute Gasteiger partial charge is 0.0718 e. The highest BCUT2D eigenvalue weighted by Gasteiger charge is 2.10. The molecule has 0 heterocycles. The van der Waals surface area contributed by atoms with Gasteiger partial charge in [0.1, 0.15) is 0 Å². The third-order valence-electron chi connectivity index (χ3n) is 3.91. The minimum atomic E-state index is 0.199. The summed E-state index contributed by atoms with van der Waals surface area (Å²) in [5.74, 6) is 0. The summed E-state index contributed by atoms with van der Waals surface area (Å²) >= 11 is 0. The van der Waals surface area contributed by atoms with E-state index in [1.807, 2.05) is 0 Å². The van der Waals surface area contributed by atoms with Crippen LogP contribution in [0, 0.1) is 19.3 Å². The van der Waals surface area contributed by atoms with Crippen LogP contribution in [0.1, 0.15) is 31.9 Å². The molecule has 22 heavy (non-hydrogen) atoms. The van der Waals surface area contributed by atoms with Gasteiger partial charge < -0.3 is 0 Å².